The molecule has 0 atom stereocenters. The molecule has 0 saturated carbocycles. The summed E-state index contributed by atoms with van der Waals surface area (Å²) in [7, 11) is 1.53. The summed E-state index contributed by atoms with van der Waals surface area (Å²) in [5.74, 6) is 0.855. The van der Waals surface area contributed by atoms with E-state index in [1.807, 2.05) is 38.1 Å². The molecule has 152 valence electrons. The monoisotopic (exact) mass is 395 g/mol. The number of carbonyl (C=O) groups is 2. The van der Waals surface area contributed by atoms with Crippen molar-refractivity contribution in [1.29, 1.82) is 0 Å². The molecule has 0 aliphatic carbocycles. The topological polar surface area (TPSA) is 80.2 Å². The van der Waals surface area contributed by atoms with E-state index in [1.165, 1.54) is 7.11 Å². The highest BCUT2D eigenvalue weighted by Gasteiger charge is 2.21. The maximum absolute atomic E-state index is 12.5. The second kappa shape index (κ2) is 9.23. The van der Waals surface area contributed by atoms with E-state index in [1.54, 1.807) is 23.1 Å². The summed E-state index contributed by atoms with van der Waals surface area (Å²) in [6.07, 6.45) is 1.46. The third-order valence-corrected chi connectivity index (χ3v) is 4.70. The largest absolute Gasteiger partial charge is 0.493 e. The van der Waals surface area contributed by atoms with Crippen LogP contribution in [0.5, 0.6) is 11.5 Å². The van der Waals surface area contributed by atoms with Crippen LogP contribution < -0.4 is 19.8 Å². The van der Waals surface area contributed by atoms with Crippen LogP contribution in [0.2, 0.25) is 0 Å². The van der Waals surface area contributed by atoms with Crippen molar-refractivity contribution in [2.75, 3.05) is 25.2 Å². The molecule has 0 bridgehead atoms. The number of anilines is 1. The summed E-state index contributed by atoms with van der Waals surface area (Å²) in [6.45, 7) is 4.93. The lowest BCUT2D eigenvalue weighted by Gasteiger charge is -2.16. The van der Waals surface area contributed by atoms with E-state index < -0.39 is 0 Å². The minimum absolute atomic E-state index is 0.134. The summed E-state index contributed by atoms with van der Waals surface area (Å²) in [5, 5.41) is 4.21. The molecule has 0 unspecified atom stereocenters. The number of benzene rings is 2. The van der Waals surface area contributed by atoms with Gasteiger partial charge >= 0.3 is 0 Å². The number of hydrazone groups is 1. The number of methoxy groups -OCH3 is 1. The van der Waals surface area contributed by atoms with Crippen molar-refractivity contribution >= 4 is 23.2 Å². The Morgan fingerprint density at radius 1 is 1.17 bits per heavy atom. The SMILES string of the molecule is CCOc1ccc(C(=O)N/N=C(/C)c2cccc(N3CCCC3=O)c2)cc1OC. The standard InChI is InChI=1S/C22H25N3O4/c1-4-29-19-11-10-17(14-20(19)28-3)22(27)24-23-15(2)16-7-5-8-18(13-16)25-12-6-9-21(25)26/h5,7-8,10-11,13-14H,4,6,9,12H2,1-3H3,(H,24,27)/b23-15-. The molecule has 0 radical (unpaired) electrons. The molecule has 7 heteroatoms. The number of amides is 2. The minimum Gasteiger partial charge on any atom is -0.493 e. The highest BCUT2D eigenvalue weighted by atomic mass is 16.5. The van der Waals surface area contributed by atoms with Gasteiger partial charge in [-0.25, -0.2) is 5.43 Å². The fourth-order valence-electron chi connectivity index (χ4n) is 3.17. The molecule has 2 amide bonds. The Morgan fingerprint density at radius 2 is 2.00 bits per heavy atom. The molecule has 29 heavy (non-hydrogen) atoms. The minimum atomic E-state index is -0.350. The number of nitrogens with zero attached hydrogens (tertiary/aromatic N) is 2. The Labute approximate surface area is 170 Å². The van der Waals surface area contributed by atoms with E-state index in [-0.39, 0.29) is 11.8 Å². The average Bonchev–Trinajstić information content (AvgIpc) is 3.18. The van der Waals surface area contributed by atoms with Crippen LogP contribution in [0.3, 0.4) is 0 Å². The predicted molar refractivity (Wildman–Crippen MR) is 112 cm³/mol. The molecule has 0 spiro atoms. The Bertz CT molecular complexity index is 939. The van der Waals surface area contributed by atoms with Crippen molar-refractivity contribution in [3.63, 3.8) is 0 Å². The first-order valence-corrected chi connectivity index (χ1v) is 9.59. The van der Waals surface area contributed by atoms with Gasteiger partial charge in [0.2, 0.25) is 5.91 Å². The van der Waals surface area contributed by atoms with E-state index in [0.717, 1.165) is 24.2 Å². The maximum atomic E-state index is 12.5. The molecular formula is C22H25N3O4. The maximum Gasteiger partial charge on any atom is 0.271 e. The van der Waals surface area contributed by atoms with Crippen LogP contribution in [0.1, 0.15) is 42.6 Å². The number of ether oxygens (including phenoxy) is 2. The lowest BCUT2D eigenvalue weighted by Crippen LogP contribution is -2.24. The van der Waals surface area contributed by atoms with Gasteiger partial charge in [0.1, 0.15) is 0 Å². The zero-order valence-corrected chi connectivity index (χ0v) is 16.9. The van der Waals surface area contributed by atoms with Gasteiger partial charge in [0.15, 0.2) is 11.5 Å². The van der Waals surface area contributed by atoms with Gasteiger partial charge in [-0.2, -0.15) is 5.10 Å². The third kappa shape index (κ3) is 4.74. The summed E-state index contributed by atoms with van der Waals surface area (Å²) < 4.78 is 10.7. The van der Waals surface area contributed by atoms with Crippen LogP contribution in [0.25, 0.3) is 0 Å². The van der Waals surface area contributed by atoms with Gasteiger partial charge in [-0.3, -0.25) is 9.59 Å². The molecule has 1 aliphatic heterocycles. The van der Waals surface area contributed by atoms with Gasteiger partial charge in [-0.1, -0.05) is 12.1 Å². The van der Waals surface area contributed by atoms with Crippen LogP contribution in [0.15, 0.2) is 47.6 Å². The molecule has 1 saturated heterocycles. The smallest absolute Gasteiger partial charge is 0.271 e. The van der Waals surface area contributed by atoms with Crippen LogP contribution >= 0.6 is 0 Å². The lowest BCUT2D eigenvalue weighted by molar-refractivity contribution is -0.117. The van der Waals surface area contributed by atoms with Crippen molar-refractivity contribution in [1.82, 2.24) is 5.43 Å². The number of nitrogens with one attached hydrogen (secondary N) is 1. The molecule has 2 aromatic carbocycles. The second-order valence-electron chi connectivity index (χ2n) is 6.64. The molecular weight excluding hydrogens is 370 g/mol. The van der Waals surface area contributed by atoms with Crippen molar-refractivity contribution in [3.05, 3.63) is 53.6 Å². The Morgan fingerprint density at radius 3 is 2.69 bits per heavy atom. The molecule has 0 aromatic heterocycles. The fraction of sp³-hybridized carbons (Fsp3) is 0.318. The number of carbonyl (C=O) groups excluding carboxylic acids is 2. The van der Waals surface area contributed by atoms with Crippen molar-refractivity contribution < 1.29 is 19.1 Å². The zero-order chi connectivity index (χ0) is 20.8. The quantitative estimate of drug-likeness (QED) is 0.576. The van der Waals surface area contributed by atoms with Gasteiger partial charge in [-0.15, -0.1) is 0 Å². The predicted octanol–water partition coefficient (Wildman–Crippen LogP) is 3.37. The summed E-state index contributed by atoms with van der Waals surface area (Å²) in [5.41, 5.74) is 5.32. The Kier molecular flexibility index (Phi) is 6.49. The molecule has 1 heterocycles. The summed E-state index contributed by atoms with van der Waals surface area (Å²) >= 11 is 0. The van der Waals surface area contributed by atoms with Gasteiger partial charge in [0, 0.05) is 24.2 Å². The van der Waals surface area contributed by atoms with E-state index in [0.29, 0.717) is 35.8 Å². The van der Waals surface area contributed by atoms with Gasteiger partial charge in [-0.05, 0) is 56.2 Å². The number of rotatable bonds is 7. The van der Waals surface area contributed by atoms with Crippen molar-refractivity contribution in [2.45, 2.75) is 26.7 Å². The normalized spacial score (nSPS) is 14.1. The van der Waals surface area contributed by atoms with E-state index >= 15 is 0 Å². The molecule has 1 aliphatic rings. The second-order valence-corrected chi connectivity index (χ2v) is 6.64. The van der Waals surface area contributed by atoms with Gasteiger partial charge in [0.25, 0.3) is 5.91 Å². The fourth-order valence-corrected chi connectivity index (χ4v) is 3.17. The first kappa shape index (κ1) is 20.4. The highest BCUT2D eigenvalue weighted by Crippen LogP contribution is 2.28. The third-order valence-electron chi connectivity index (χ3n) is 4.70. The van der Waals surface area contributed by atoms with E-state index in [9.17, 15) is 9.59 Å². The number of hydrogen-bond acceptors (Lipinski definition) is 5. The Balaban J connectivity index is 1.72. The Hall–Kier alpha value is -3.35. The molecule has 2 aromatic rings. The first-order valence-electron chi connectivity index (χ1n) is 9.59. The van der Waals surface area contributed by atoms with Crippen LogP contribution in [0, 0.1) is 0 Å². The van der Waals surface area contributed by atoms with E-state index in [2.05, 4.69) is 10.5 Å². The lowest BCUT2D eigenvalue weighted by atomic mass is 10.1. The van der Waals surface area contributed by atoms with Crippen molar-refractivity contribution in [3.8, 4) is 11.5 Å². The van der Waals surface area contributed by atoms with Crippen LogP contribution in [0.4, 0.5) is 5.69 Å². The summed E-state index contributed by atoms with van der Waals surface area (Å²) in [6, 6.07) is 12.6. The summed E-state index contributed by atoms with van der Waals surface area (Å²) in [4.78, 5) is 26.2. The van der Waals surface area contributed by atoms with Crippen molar-refractivity contribution in [2.24, 2.45) is 5.10 Å². The van der Waals surface area contributed by atoms with Crippen LogP contribution in [-0.2, 0) is 4.79 Å². The van der Waals surface area contributed by atoms with Crippen LogP contribution in [-0.4, -0.2) is 37.8 Å². The molecule has 3 rings (SSSR count). The van der Waals surface area contributed by atoms with Gasteiger partial charge in [0.05, 0.1) is 19.4 Å². The molecule has 1 N–H and O–H groups in total. The molecule has 7 nitrogen and oxygen atoms in total. The average molecular weight is 395 g/mol. The number of hydrogen-bond donors (Lipinski definition) is 1. The first-order chi connectivity index (χ1) is 14.0. The van der Waals surface area contributed by atoms with E-state index in [4.69, 9.17) is 9.47 Å². The molecule has 1 fully saturated rings. The van der Waals surface area contributed by atoms with Gasteiger partial charge < -0.3 is 14.4 Å². The highest BCUT2D eigenvalue weighted by molar-refractivity contribution is 6.03. The zero-order valence-electron chi connectivity index (χ0n) is 16.9.